The van der Waals surface area contributed by atoms with Crippen LogP contribution in [0.25, 0.3) is 0 Å². The standard InChI is InChI=1S/C9H17N5O2/c1-3-11-6-8-13-14-9(16-8)12-5-4-7(15)10-2/h11H,3-6H2,1-2H3,(H,10,15)(H,12,14). The van der Waals surface area contributed by atoms with Crippen molar-refractivity contribution >= 4 is 11.9 Å². The van der Waals surface area contributed by atoms with Crippen LogP contribution in [0.3, 0.4) is 0 Å². The molecule has 0 saturated carbocycles. The van der Waals surface area contributed by atoms with Crippen LogP contribution in [0, 0.1) is 0 Å². The fourth-order valence-electron chi connectivity index (χ4n) is 1.04. The number of carbonyl (C=O) groups is 1. The van der Waals surface area contributed by atoms with Gasteiger partial charge in [0.25, 0.3) is 0 Å². The summed E-state index contributed by atoms with van der Waals surface area (Å²) >= 11 is 0. The maximum atomic E-state index is 10.9. The second-order valence-corrected chi connectivity index (χ2v) is 3.13. The summed E-state index contributed by atoms with van der Waals surface area (Å²) in [6, 6.07) is 0.344. The summed E-state index contributed by atoms with van der Waals surface area (Å²) in [5.74, 6) is 0.504. The molecular weight excluding hydrogens is 210 g/mol. The number of aromatic nitrogens is 2. The highest BCUT2D eigenvalue weighted by atomic mass is 16.4. The average Bonchev–Trinajstić information content (AvgIpc) is 2.74. The van der Waals surface area contributed by atoms with Crippen LogP contribution in [0.4, 0.5) is 6.01 Å². The lowest BCUT2D eigenvalue weighted by Crippen LogP contribution is -2.20. The zero-order chi connectivity index (χ0) is 11.8. The van der Waals surface area contributed by atoms with Gasteiger partial charge in [-0.15, -0.1) is 5.10 Å². The first-order valence-electron chi connectivity index (χ1n) is 5.23. The third kappa shape index (κ3) is 4.26. The van der Waals surface area contributed by atoms with Gasteiger partial charge in [-0.2, -0.15) is 0 Å². The smallest absolute Gasteiger partial charge is 0.315 e. The molecule has 7 nitrogen and oxygen atoms in total. The highest BCUT2D eigenvalue weighted by Crippen LogP contribution is 2.04. The summed E-state index contributed by atoms with van der Waals surface area (Å²) in [5.41, 5.74) is 0. The molecule has 7 heteroatoms. The largest absolute Gasteiger partial charge is 0.407 e. The van der Waals surface area contributed by atoms with Gasteiger partial charge in [-0.25, -0.2) is 0 Å². The van der Waals surface area contributed by atoms with E-state index in [-0.39, 0.29) is 5.91 Å². The quantitative estimate of drug-likeness (QED) is 0.593. The van der Waals surface area contributed by atoms with E-state index in [9.17, 15) is 4.79 Å². The fraction of sp³-hybridized carbons (Fsp3) is 0.667. The molecule has 0 aliphatic carbocycles. The van der Waals surface area contributed by atoms with Crippen molar-refractivity contribution in [1.29, 1.82) is 0 Å². The zero-order valence-corrected chi connectivity index (χ0v) is 9.54. The summed E-state index contributed by atoms with van der Waals surface area (Å²) in [6.45, 7) is 3.88. The van der Waals surface area contributed by atoms with Gasteiger partial charge in [-0.1, -0.05) is 12.0 Å². The van der Waals surface area contributed by atoms with Crippen LogP contribution >= 0.6 is 0 Å². The first-order chi connectivity index (χ1) is 7.76. The van der Waals surface area contributed by atoms with Gasteiger partial charge in [0, 0.05) is 20.0 Å². The Hall–Kier alpha value is -1.63. The molecule has 0 radical (unpaired) electrons. The highest BCUT2D eigenvalue weighted by Gasteiger charge is 2.05. The Morgan fingerprint density at radius 2 is 2.25 bits per heavy atom. The van der Waals surface area contributed by atoms with Crippen LogP contribution in [0.15, 0.2) is 4.42 Å². The molecule has 1 rings (SSSR count). The summed E-state index contributed by atoms with van der Waals surface area (Å²) in [7, 11) is 1.60. The maximum Gasteiger partial charge on any atom is 0.315 e. The maximum absolute atomic E-state index is 10.9. The van der Waals surface area contributed by atoms with E-state index >= 15 is 0 Å². The number of hydrogen-bond acceptors (Lipinski definition) is 6. The first-order valence-corrected chi connectivity index (χ1v) is 5.23. The Morgan fingerprint density at radius 3 is 2.94 bits per heavy atom. The van der Waals surface area contributed by atoms with Gasteiger partial charge < -0.3 is 20.4 Å². The molecule has 1 aromatic rings. The van der Waals surface area contributed by atoms with E-state index in [1.165, 1.54) is 0 Å². The van der Waals surface area contributed by atoms with Gasteiger partial charge in [-0.05, 0) is 6.54 Å². The van der Waals surface area contributed by atoms with Crippen LogP contribution in [-0.2, 0) is 11.3 Å². The molecule has 1 amide bonds. The van der Waals surface area contributed by atoms with Crippen LogP contribution < -0.4 is 16.0 Å². The number of nitrogens with one attached hydrogen (secondary N) is 3. The number of nitrogens with zero attached hydrogens (tertiary/aromatic N) is 2. The van der Waals surface area contributed by atoms with Crippen LogP contribution in [0.5, 0.6) is 0 Å². The lowest BCUT2D eigenvalue weighted by molar-refractivity contribution is -0.120. The van der Waals surface area contributed by atoms with Gasteiger partial charge >= 0.3 is 6.01 Å². The van der Waals surface area contributed by atoms with Crippen molar-refractivity contribution < 1.29 is 9.21 Å². The summed E-state index contributed by atoms with van der Waals surface area (Å²) in [5, 5.41) is 16.1. The van der Waals surface area contributed by atoms with Crippen molar-refractivity contribution in [2.75, 3.05) is 25.5 Å². The van der Waals surface area contributed by atoms with Crippen molar-refractivity contribution in [3.05, 3.63) is 5.89 Å². The molecule has 1 heterocycles. The summed E-state index contributed by atoms with van der Waals surface area (Å²) < 4.78 is 5.27. The zero-order valence-electron chi connectivity index (χ0n) is 9.54. The number of carbonyl (C=O) groups excluding carboxylic acids is 1. The normalized spacial score (nSPS) is 10.1. The van der Waals surface area contributed by atoms with E-state index in [4.69, 9.17) is 4.42 Å². The molecule has 0 spiro atoms. The third-order valence-electron chi connectivity index (χ3n) is 1.90. The van der Waals surface area contributed by atoms with Crippen molar-refractivity contribution in [1.82, 2.24) is 20.8 Å². The average molecular weight is 227 g/mol. The van der Waals surface area contributed by atoms with E-state index in [0.717, 1.165) is 6.54 Å². The SMILES string of the molecule is CCNCc1nnc(NCCC(=O)NC)o1. The van der Waals surface area contributed by atoms with Crippen LogP contribution in [0.1, 0.15) is 19.2 Å². The second kappa shape index (κ2) is 6.78. The molecule has 0 atom stereocenters. The lowest BCUT2D eigenvalue weighted by atomic mass is 10.4. The van der Waals surface area contributed by atoms with Crippen molar-refractivity contribution in [3.63, 3.8) is 0 Å². The van der Waals surface area contributed by atoms with E-state index in [2.05, 4.69) is 26.1 Å². The topological polar surface area (TPSA) is 92.1 Å². The molecule has 3 N–H and O–H groups in total. The molecule has 0 aromatic carbocycles. The molecule has 1 aromatic heterocycles. The van der Waals surface area contributed by atoms with Gasteiger partial charge in [0.1, 0.15) is 0 Å². The van der Waals surface area contributed by atoms with E-state index in [1.807, 2.05) is 6.92 Å². The third-order valence-corrected chi connectivity index (χ3v) is 1.90. The minimum absolute atomic E-state index is 0.0279. The predicted molar refractivity (Wildman–Crippen MR) is 58.9 cm³/mol. The summed E-state index contributed by atoms with van der Waals surface area (Å²) in [4.78, 5) is 10.9. The van der Waals surface area contributed by atoms with Gasteiger partial charge in [0.05, 0.1) is 6.54 Å². The molecule has 0 saturated heterocycles. The Bertz CT molecular complexity index is 325. The Kier molecular flexibility index (Phi) is 5.27. The van der Waals surface area contributed by atoms with Gasteiger partial charge in [-0.3, -0.25) is 4.79 Å². The molecule has 90 valence electrons. The number of rotatable bonds is 7. The number of anilines is 1. The van der Waals surface area contributed by atoms with Crippen molar-refractivity contribution in [2.45, 2.75) is 19.9 Å². The highest BCUT2D eigenvalue weighted by molar-refractivity contribution is 5.75. The van der Waals surface area contributed by atoms with E-state index in [0.29, 0.717) is 31.4 Å². The Labute approximate surface area is 94.0 Å². The Morgan fingerprint density at radius 1 is 1.44 bits per heavy atom. The Balaban J connectivity index is 2.26. The molecule has 0 bridgehead atoms. The molecule has 0 unspecified atom stereocenters. The van der Waals surface area contributed by atoms with Gasteiger partial charge in [0.2, 0.25) is 11.8 Å². The van der Waals surface area contributed by atoms with Crippen molar-refractivity contribution in [2.24, 2.45) is 0 Å². The molecule has 16 heavy (non-hydrogen) atoms. The molecular formula is C9H17N5O2. The van der Waals surface area contributed by atoms with Crippen molar-refractivity contribution in [3.8, 4) is 0 Å². The first kappa shape index (κ1) is 12.4. The minimum Gasteiger partial charge on any atom is -0.407 e. The van der Waals surface area contributed by atoms with E-state index < -0.39 is 0 Å². The number of hydrogen-bond donors (Lipinski definition) is 3. The molecule has 0 fully saturated rings. The minimum atomic E-state index is -0.0279. The van der Waals surface area contributed by atoms with Crippen LogP contribution in [0.2, 0.25) is 0 Å². The van der Waals surface area contributed by atoms with E-state index in [1.54, 1.807) is 7.05 Å². The lowest BCUT2D eigenvalue weighted by Gasteiger charge is -1.99. The molecule has 0 aliphatic rings. The monoisotopic (exact) mass is 227 g/mol. The van der Waals surface area contributed by atoms with Gasteiger partial charge in [0.15, 0.2) is 0 Å². The number of amides is 1. The fourth-order valence-corrected chi connectivity index (χ4v) is 1.04. The van der Waals surface area contributed by atoms with Crippen LogP contribution in [-0.4, -0.2) is 36.2 Å². The summed E-state index contributed by atoms with van der Waals surface area (Å²) in [6.07, 6.45) is 0.376. The second-order valence-electron chi connectivity index (χ2n) is 3.13. The molecule has 0 aliphatic heterocycles. The predicted octanol–water partition coefficient (Wildman–Crippen LogP) is -0.273.